The first-order chi connectivity index (χ1) is 15.4. The van der Waals surface area contributed by atoms with Crippen molar-refractivity contribution in [2.75, 3.05) is 6.61 Å². The summed E-state index contributed by atoms with van der Waals surface area (Å²) in [5, 5.41) is 2.51. The predicted octanol–water partition coefficient (Wildman–Crippen LogP) is 4.62. The number of thiocarbonyl (C=S) groups is 1. The Kier molecular flexibility index (Phi) is 9.00. The molecular formula is C23H19BrIN3O3S. The average molecular weight is 624 g/mol. The Hall–Kier alpha value is -2.50. The van der Waals surface area contributed by atoms with Gasteiger partial charge in [-0.1, -0.05) is 42.5 Å². The molecule has 0 aromatic heterocycles. The van der Waals surface area contributed by atoms with Gasteiger partial charge in [0.15, 0.2) is 5.11 Å². The Labute approximate surface area is 213 Å². The summed E-state index contributed by atoms with van der Waals surface area (Å²) in [6.45, 7) is 0.516. The number of halogens is 2. The second-order valence-corrected chi connectivity index (χ2v) is 9.00. The first kappa shape index (κ1) is 24.1. The van der Waals surface area contributed by atoms with E-state index in [1.807, 2.05) is 42.5 Å². The maximum absolute atomic E-state index is 12.5. The van der Waals surface area contributed by atoms with E-state index in [9.17, 15) is 9.59 Å². The number of ether oxygens (including phenoxy) is 1. The Balaban J connectivity index is 1.49. The lowest BCUT2D eigenvalue weighted by atomic mass is 10.2. The fourth-order valence-electron chi connectivity index (χ4n) is 2.72. The number of hydrogen-bond acceptors (Lipinski definition) is 4. The molecule has 3 aromatic carbocycles. The van der Waals surface area contributed by atoms with Crippen LogP contribution in [0, 0.1) is 3.57 Å². The molecule has 164 valence electrons. The van der Waals surface area contributed by atoms with Crippen LogP contribution in [0.15, 0.2) is 77.3 Å². The van der Waals surface area contributed by atoms with E-state index in [4.69, 9.17) is 17.0 Å². The molecule has 0 spiro atoms. The van der Waals surface area contributed by atoms with Crippen molar-refractivity contribution in [3.63, 3.8) is 0 Å². The van der Waals surface area contributed by atoms with Gasteiger partial charge in [-0.3, -0.25) is 25.8 Å². The van der Waals surface area contributed by atoms with Crippen LogP contribution >= 0.6 is 50.7 Å². The quantitative estimate of drug-likeness (QED) is 0.212. The Morgan fingerprint density at radius 1 is 0.938 bits per heavy atom. The van der Waals surface area contributed by atoms with E-state index >= 15 is 0 Å². The number of benzene rings is 3. The first-order valence-electron chi connectivity index (χ1n) is 9.56. The molecular weight excluding hydrogens is 605 g/mol. The van der Waals surface area contributed by atoms with Crippen molar-refractivity contribution in [3.05, 3.63) is 97.5 Å². The number of carbonyl (C=O) groups excluding carboxylic acids is 2. The SMILES string of the molecule is O=C(NC(=S)NNC(=O)c1ccccc1I)c1ccc(OCCc2ccccc2)c(Br)c1. The lowest BCUT2D eigenvalue weighted by Gasteiger charge is -2.12. The highest BCUT2D eigenvalue weighted by molar-refractivity contribution is 14.1. The van der Waals surface area contributed by atoms with Crippen molar-refractivity contribution in [3.8, 4) is 5.75 Å². The van der Waals surface area contributed by atoms with Crippen LogP contribution in [0.25, 0.3) is 0 Å². The van der Waals surface area contributed by atoms with Crippen molar-refractivity contribution < 1.29 is 14.3 Å². The van der Waals surface area contributed by atoms with E-state index in [0.717, 1.165) is 9.99 Å². The van der Waals surface area contributed by atoms with Crippen LogP contribution in [0.5, 0.6) is 5.75 Å². The Morgan fingerprint density at radius 3 is 2.38 bits per heavy atom. The molecule has 3 rings (SSSR count). The van der Waals surface area contributed by atoms with Crippen LogP contribution in [0.1, 0.15) is 26.3 Å². The molecule has 0 radical (unpaired) electrons. The zero-order valence-electron chi connectivity index (χ0n) is 16.7. The van der Waals surface area contributed by atoms with Crippen LogP contribution in [-0.2, 0) is 6.42 Å². The summed E-state index contributed by atoms with van der Waals surface area (Å²) in [6, 6.07) is 22.2. The highest BCUT2D eigenvalue weighted by Gasteiger charge is 2.13. The first-order valence-corrected chi connectivity index (χ1v) is 11.8. The minimum Gasteiger partial charge on any atom is -0.492 e. The summed E-state index contributed by atoms with van der Waals surface area (Å²) in [4.78, 5) is 24.7. The smallest absolute Gasteiger partial charge is 0.270 e. The van der Waals surface area contributed by atoms with Gasteiger partial charge in [-0.15, -0.1) is 0 Å². The summed E-state index contributed by atoms with van der Waals surface area (Å²) in [5.41, 5.74) is 7.09. The molecule has 9 heteroatoms. The van der Waals surface area contributed by atoms with Gasteiger partial charge < -0.3 is 4.74 Å². The van der Waals surface area contributed by atoms with Crippen molar-refractivity contribution in [2.45, 2.75) is 6.42 Å². The zero-order chi connectivity index (χ0) is 22.9. The largest absolute Gasteiger partial charge is 0.492 e. The summed E-state index contributed by atoms with van der Waals surface area (Å²) in [7, 11) is 0. The summed E-state index contributed by atoms with van der Waals surface area (Å²) >= 11 is 10.6. The molecule has 0 heterocycles. The van der Waals surface area contributed by atoms with Gasteiger partial charge in [0.05, 0.1) is 16.6 Å². The van der Waals surface area contributed by atoms with E-state index in [1.165, 1.54) is 5.56 Å². The highest BCUT2D eigenvalue weighted by Crippen LogP contribution is 2.26. The van der Waals surface area contributed by atoms with Gasteiger partial charge in [0, 0.05) is 15.6 Å². The molecule has 0 atom stereocenters. The number of hydrogen-bond donors (Lipinski definition) is 3. The summed E-state index contributed by atoms with van der Waals surface area (Å²) < 4.78 is 7.27. The van der Waals surface area contributed by atoms with E-state index in [-0.39, 0.29) is 11.0 Å². The third kappa shape index (κ3) is 7.01. The monoisotopic (exact) mass is 623 g/mol. The van der Waals surface area contributed by atoms with Crippen LogP contribution in [0.3, 0.4) is 0 Å². The van der Waals surface area contributed by atoms with Gasteiger partial charge in [-0.2, -0.15) is 0 Å². The minimum atomic E-state index is -0.414. The number of amides is 2. The second kappa shape index (κ2) is 11.9. The van der Waals surface area contributed by atoms with Gasteiger partial charge >= 0.3 is 0 Å². The molecule has 0 bridgehead atoms. The fourth-order valence-corrected chi connectivity index (χ4v) is 3.98. The van der Waals surface area contributed by atoms with Crippen molar-refractivity contribution in [2.24, 2.45) is 0 Å². The third-order valence-electron chi connectivity index (χ3n) is 4.32. The van der Waals surface area contributed by atoms with Crippen LogP contribution in [0.4, 0.5) is 0 Å². The van der Waals surface area contributed by atoms with Crippen molar-refractivity contribution >= 4 is 67.7 Å². The molecule has 6 nitrogen and oxygen atoms in total. The molecule has 0 aliphatic heterocycles. The average Bonchev–Trinajstić information content (AvgIpc) is 2.79. The molecule has 0 aliphatic carbocycles. The molecule has 3 N–H and O–H groups in total. The number of nitrogens with one attached hydrogen (secondary N) is 3. The fraction of sp³-hybridized carbons (Fsp3) is 0.0870. The molecule has 2 amide bonds. The Morgan fingerprint density at radius 2 is 1.66 bits per heavy atom. The van der Waals surface area contributed by atoms with Crippen molar-refractivity contribution in [1.29, 1.82) is 0 Å². The van der Waals surface area contributed by atoms with Gasteiger partial charge in [0.2, 0.25) is 0 Å². The van der Waals surface area contributed by atoms with E-state index in [0.29, 0.717) is 28.0 Å². The lowest BCUT2D eigenvalue weighted by Crippen LogP contribution is -2.48. The van der Waals surface area contributed by atoms with Gasteiger partial charge in [-0.25, -0.2) is 0 Å². The minimum absolute atomic E-state index is 0.0198. The zero-order valence-corrected chi connectivity index (χ0v) is 21.3. The maximum atomic E-state index is 12.5. The third-order valence-corrected chi connectivity index (χ3v) is 6.08. The van der Waals surface area contributed by atoms with Crippen LogP contribution in [-0.4, -0.2) is 23.5 Å². The summed E-state index contributed by atoms with van der Waals surface area (Å²) in [5.74, 6) is -0.128. The van der Waals surface area contributed by atoms with E-state index < -0.39 is 5.91 Å². The number of rotatable bonds is 6. The van der Waals surface area contributed by atoms with Gasteiger partial charge in [0.25, 0.3) is 11.8 Å². The Bertz CT molecular complexity index is 1130. The second-order valence-electron chi connectivity index (χ2n) is 6.57. The molecule has 0 saturated carbocycles. The molecule has 0 fully saturated rings. The van der Waals surface area contributed by atoms with Gasteiger partial charge in [-0.05, 0) is 86.6 Å². The normalized spacial score (nSPS) is 10.2. The molecule has 3 aromatic rings. The van der Waals surface area contributed by atoms with Crippen LogP contribution < -0.4 is 20.9 Å². The highest BCUT2D eigenvalue weighted by atomic mass is 127. The van der Waals surface area contributed by atoms with Crippen LogP contribution in [0.2, 0.25) is 0 Å². The molecule has 0 unspecified atom stereocenters. The molecule has 0 saturated heterocycles. The number of hydrazine groups is 1. The predicted molar refractivity (Wildman–Crippen MR) is 140 cm³/mol. The van der Waals surface area contributed by atoms with E-state index in [2.05, 4.69) is 54.7 Å². The molecule has 32 heavy (non-hydrogen) atoms. The number of carbonyl (C=O) groups is 2. The topological polar surface area (TPSA) is 79.5 Å². The standard InChI is InChI=1S/C23H19BrIN3O3S/c24-18-14-16(10-11-20(18)31-13-12-15-6-2-1-3-7-15)21(29)26-23(32)28-27-22(30)17-8-4-5-9-19(17)25/h1-11,14H,12-13H2,(H,27,30)(H2,26,28,29,32). The molecule has 0 aliphatic rings. The summed E-state index contributed by atoms with van der Waals surface area (Å²) in [6.07, 6.45) is 0.781. The van der Waals surface area contributed by atoms with Crippen molar-refractivity contribution in [1.82, 2.24) is 16.2 Å². The lowest BCUT2D eigenvalue weighted by molar-refractivity contribution is 0.0934. The van der Waals surface area contributed by atoms with Gasteiger partial charge in [0.1, 0.15) is 5.75 Å². The van der Waals surface area contributed by atoms with E-state index in [1.54, 1.807) is 30.3 Å². The maximum Gasteiger partial charge on any atom is 0.270 e.